The maximum atomic E-state index is 13.4. The van der Waals surface area contributed by atoms with Gasteiger partial charge in [0.05, 0.1) is 12.7 Å². The first-order valence-corrected chi connectivity index (χ1v) is 10.8. The molecule has 5 heteroatoms. The summed E-state index contributed by atoms with van der Waals surface area (Å²) in [5.41, 5.74) is -0.0171. The average Bonchev–Trinajstić information content (AvgIpc) is 2.69. The van der Waals surface area contributed by atoms with Crippen LogP contribution in [0.3, 0.4) is 0 Å². The first kappa shape index (κ1) is 22.8. The fourth-order valence-electron chi connectivity index (χ4n) is 4.13. The lowest BCUT2D eigenvalue weighted by atomic mass is 9.88. The van der Waals surface area contributed by atoms with Crippen LogP contribution in [-0.4, -0.2) is 18.1 Å². The van der Waals surface area contributed by atoms with E-state index in [1.807, 2.05) is 0 Å². The maximum Gasteiger partial charge on any atom is 0.217 e. The number of hydrogen-bond donors (Lipinski definition) is 1. The van der Waals surface area contributed by atoms with Crippen LogP contribution < -0.4 is 5.32 Å². The van der Waals surface area contributed by atoms with Crippen molar-refractivity contribution in [3.05, 3.63) is 35.4 Å². The predicted octanol–water partition coefficient (Wildman–Crippen LogP) is 5.91. The number of ether oxygens (including phenoxy) is 1. The molecule has 3 nitrogen and oxygen atoms in total. The lowest BCUT2D eigenvalue weighted by Gasteiger charge is -2.28. The topological polar surface area (TPSA) is 38.3 Å². The smallest absolute Gasteiger partial charge is 0.217 e. The molecule has 1 aromatic rings. The molecule has 0 radical (unpaired) electrons. The third kappa shape index (κ3) is 7.86. The van der Waals surface area contributed by atoms with Gasteiger partial charge in [-0.25, -0.2) is 8.78 Å². The third-order valence-electron chi connectivity index (χ3n) is 5.91. The fourth-order valence-corrected chi connectivity index (χ4v) is 4.13. The summed E-state index contributed by atoms with van der Waals surface area (Å²) in [6, 6.07) is 4.00. The Kier molecular flexibility index (Phi) is 9.89. The average molecular weight is 396 g/mol. The summed E-state index contributed by atoms with van der Waals surface area (Å²) in [5, 5.41) is 2.88. The van der Waals surface area contributed by atoms with Gasteiger partial charge in [-0.3, -0.25) is 4.79 Å². The van der Waals surface area contributed by atoms with Crippen LogP contribution in [0.25, 0.3) is 0 Å². The highest BCUT2D eigenvalue weighted by atomic mass is 19.1. The minimum Gasteiger partial charge on any atom is -0.373 e. The molecule has 2 fully saturated rings. The van der Waals surface area contributed by atoms with E-state index in [1.165, 1.54) is 63.6 Å². The van der Waals surface area contributed by atoms with Crippen molar-refractivity contribution in [1.29, 1.82) is 0 Å². The molecule has 3 rings (SSSR count). The van der Waals surface area contributed by atoms with Crippen molar-refractivity contribution in [2.75, 3.05) is 0 Å². The van der Waals surface area contributed by atoms with Crippen LogP contribution in [0.5, 0.6) is 0 Å². The molecule has 1 amide bonds. The van der Waals surface area contributed by atoms with E-state index in [0.29, 0.717) is 0 Å². The molecule has 0 heterocycles. The monoisotopic (exact) mass is 395 g/mol. The zero-order valence-electron chi connectivity index (χ0n) is 17.3. The van der Waals surface area contributed by atoms with E-state index in [2.05, 4.69) is 12.2 Å². The Labute approximate surface area is 168 Å². The Balaban J connectivity index is 0.000000292. The highest BCUT2D eigenvalue weighted by Crippen LogP contribution is 2.25. The molecule has 2 saturated carbocycles. The third-order valence-corrected chi connectivity index (χ3v) is 5.91. The van der Waals surface area contributed by atoms with Crippen LogP contribution in [0.15, 0.2) is 18.2 Å². The normalized spacial score (nSPS) is 22.9. The van der Waals surface area contributed by atoms with Gasteiger partial charge in [0.15, 0.2) is 0 Å². The summed E-state index contributed by atoms with van der Waals surface area (Å²) in [6.45, 7) is 3.77. The second-order valence-corrected chi connectivity index (χ2v) is 8.10. The Morgan fingerprint density at radius 1 is 1.04 bits per heavy atom. The number of carbonyl (C=O) groups is 1. The largest absolute Gasteiger partial charge is 0.373 e. The zero-order valence-corrected chi connectivity index (χ0v) is 17.3. The molecular weight excluding hydrogens is 360 g/mol. The molecule has 28 heavy (non-hydrogen) atoms. The molecule has 158 valence electrons. The molecule has 1 N–H and O–H groups in total. The molecule has 0 atom stereocenters. The Morgan fingerprint density at radius 3 is 2.14 bits per heavy atom. The summed E-state index contributed by atoms with van der Waals surface area (Å²) in [7, 11) is 0. The van der Waals surface area contributed by atoms with Crippen LogP contribution in [0.1, 0.15) is 83.6 Å². The molecule has 2 aliphatic carbocycles. The molecule has 0 aromatic heterocycles. The lowest BCUT2D eigenvalue weighted by molar-refractivity contribution is -0.120. The van der Waals surface area contributed by atoms with Crippen molar-refractivity contribution >= 4 is 5.91 Å². The standard InChI is InChI=1S/C15H19F2NO2.C8H16/c1-10(19)18-11-5-7-12(8-6-11)20-9-13-14(16)3-2-4-15(13)17;1-2-8-6-4-3-5-7-8/h2-4,11-12H,5-9H2,1H3,(H,18,19);8H,2-7H2,1H3. The second kappa shape index (κ2) is 12.2. The fraction of sp³-hybridized carbons (Fsp3) is 0.696. The van der Waals surface area contributed by atoms with E-state index < -0.39 is 11.6 Å². The number of amides is 1. The van der Waals surface area contributed by atoms with Gasteiger partial charge in [0.2, 0.25) is 5.91 Å². The summed E-state index contributed by atoms with van der Waals surface area (Å²) in [6.07, 6.45) is 12.2. The van der Waals surface area contributed by atoms with Crippen molar-refractivity contribution in [1.82, 2.24) is 5.32 Å². The van der Waals surface area contributed by atoms with Gasteiger partial charge in [-0.05, 0) is 43.7 Å². The van der Waals surface area contributed by atoms with E-state index >= 15 is 0 Å². The van der Waals surface area contributed by atoms with Gasteiger partial charge in [0.1, 0.15) is 11.6 Å². The van der Waals surface area contributed by atoms with Crippen molar-refractivity contribution in [2.24, 2.45) is 5.92 Å². The molecule has 0 aliphatic heterocycles. The zero-order chi connectivity index (χ0) is 20.4. The van der Waals surface area contributed by atoms with Crippen LogP contribution in [-0.2, 0) is 16.1 Å². The summed E-state index contributed by atoms with van der Waals surface area (Å²) < 4.78 is 32.5. The summed E-state index contributed by atoms with van der Waals surface area (Å²) in [5.74, 6) is -0.0830. The first-order valence-electron chi connectivity index (χ1n) is 10.8. The minimum atomic E-state index is -0.572. The first-order chi connectivity index (χ1) is 13.5. The van der Waals surface area contributed by atoms with Gasteiger partial charge in [0, 0.05) is 18.5 Å². The van der Waals surface area contributed by atoms with E-state index in [4.69, 9.17) is 4.74 Å². The summed E-state index contributed by atoms with van der Waals surface area (Å²) >= 11 is 0. The van der Waals surface area contributed by atoms with E-state index in [1.54, 1.807) is 0 Å². The highest BCUT2D eigenvalue weighted by molar-refractivity contribution is 5.73. The van der Waals surface area contributed by atoms with Crippen LogP contribution >= 0.6 is 0 Å². The van der Waals surface area contributed by atoms with Crippen molar-refractivity contribution < 1.29 is 18.3 Å². The van der Waals surface area contributed by atoms with Gasteiger partial charge >= 0.3 is 0 Å². The Bertz CT molecular complexity index is 574. The number of carbonyl (C=O) groups excluding carboxylic acids is 1. The SMILES string of the molecule is CC(=O)NC1CCC(OCc2c(F)cccc2F)CC1.CCC1CCCCC1. The number of rotatable bonds is 5. The van der Waals surface area contributed by atoms with Gasteiger partial charge in [-0.15, -0.1) is 0 Å². The van der Waals surface area contributed by atoms with Crippen LogP contribution in [0, 0.1) is 17.6 Å². The Hall–Kier alpha value is -1.49. The molecule has 0 bridgehead atoms. The number of halogens is 2. The molecule has 0 spiro atoms. The molecule has 1 aromatic carbocycles. The highest BCUT2D eigenvalue weighted by Gasteiger charge is 2.22. The van der Waals surface area contributed by atoms with Gasteiger partial charge in [0.25, 0.3) is 0 Å². The minimum absolute atomic E-state index is 0.000913. The van der Waals surface area contributed by atoms with Gasteiger partial charge in [-0.2, -0.15) is 0 Å². The summed E-state index contributed by atoms with van der Waals surface area (Å²) in [4.78, 5) is 11.0. The van der Waals surface area contributed by atoms with Crippen molar-refractivity contribution in [2.45, 2.75) is 96.8 Å². The van der Waals surface area contributed by atoms with E-state index in [-0.39, 0.29) is 30.2 Å². The lowest BCUT2D eigenvalue weighted by Crippen LogP contribution is -2.37. The van der Waals surface area contributed by atoms with Crippen molar-refractivity contribution in [3.63, 3.8) is 0 Å². The quantitative estimate of drug-likeness (QED) is 0.673. The molecular formula is C23H35F2NO2. The maximum absolute atomic E-state index is 13.4. The predicted molar refractivity (Wildman–Crippen MR) is 108 cm³/mol. The van der Waals surface area contributed by atoms with Gasteiger partial charge in [-0.1, -0.05) is 51.5 Å². The Morgan fingerprint density at radius 2 is 1.64 bits per heavy atom. The molecule has 0 saturated heterocycles. The van der Waals surface area contributed by atoms with E-state index in [9.17, 15) is 13.6 Å². The number of hydrogen-bond acceptors (Lipinski definition) is 2. The molecule has 0 unspecified atom stereocenters. The number of benzene rings is 1. The van der Waals surface area contributed by atoms with Crippen LogP contribution in [0.2, 0.25) is 0 Å². The second-order valence-electron chi connectivity index (χ2n) is 8.10. The van der Waals surface area contributed by atoms with Crippen LogP contribution in [0.4, 0.5) is 8.78 Å². The molecule has 2 aliphatic rings. The number of nitrogens with one attached hydrogen (secondary N) is 1. The van der Waals surface area contributed by atoms with Gasteiger partial charge < -0.3 is 10.1 Å². The van der Waals surface area contributed by atoms with Crippen molar-refractivity contribution in [3.8, 4) is 0 Å². The van der Waals surface area contributed by atoms with E-state index in [0.717, 1.165) is 31.6 Å².